The van der Waals surface area contributed by atoms with Crippen LogP contribution in [-0.4, -0.2) is 51.8 Å². The van der Waals surface area contributed by atoms with Gasteiger partial charge in [0.1, 0.15) is 17.0 Å². The molecule has 0 spiro atoms. The third kappa shape index (κ3) is 4.99. The Kier molecular flexibility index (Phi) is 6.84. The van der Waals surface area contributed by atoms with Gasteiger partial charge in [0.15, 0.2) is 11.7 Å². The van der Waals surface area contributed by atoms with Crippen molar-refractivity contribution in [3.8, 4) is 11.5 Å². The molecule has 0 unspecified atom stereocenters. The molecule has 0 bridgehead atoms. The van der Waals surface area contributed by atoms with E-state index in [1.54, 1.807) is 12.0 Å². The van der Waals surface area contributed by atoms with Crippen molar-refractivity contribution in [3.63, 3.8) is 0 Å². The first-order valence-electron chi connectivity index (χ1n) is 9.29. The minimum atomic E-state index is -0.101. The summed E-state index contributed by atoms with van der Waals surface area (Å²) < 4.78 is 12.1. The summed E-state index contributed by atoms with van der Waals surface area (Å²) in [5, 5.41) is 0.676. The number of carbonyl (C=O) groups is 1. The lowest BCUT2D eigenvalue weighted by atomic mass is 10.3. The largest absolute Gasteiger partial charge is 0.494 e. The Labute approximate surface area is 169 Å². The van der Waals surface area contributed by atoms with Gasteiger partial charge in [-0.2, -0.15) is 0 Å². The molecule has 0 fully saturated rings. The van der Waals surface area contributed by atoms with E-state index in [0.717, 1.165) is 23.2 Å². The molecule has 148 valence electrons. The maximum Gasteiger partial charge on any atom is 0.266 e. The number of nitrogens with zero attached hydrogens (tertiary/aromatic N) is 2. The van der Waals surface area contributed by atoms with Gasteiger partial charge in [0.25, 0.3) is 5.91 Å². The molecule has 0 saturated carbocycles. The van der Waals surface area contributed by atoms with Crippen LogP contribution in [0.5, 0.6) is 11.5 Å². The third-order valence-electron chi connectivity index (χ3n) is 4.29. The number of aromatic nitrogens is 1. The molecular formula is C21H26N3O3S+. The molecule has 6 nitrogen and oxygen atoms in total. The highest BCUT2D eigenvalue weighted by Crippen LogP contribution is 2.34. The van der Waals surface area contributed by atoms with Crippen LogP contribution in [0, 0.1) is 0 Å². The first-order valence-corrected chi connectivity index (χ1v) is 10.1. The van der Waals surface area contributed by atoms with Crippen LogP contribution in [0.15, 0.2) is 48.5 Å². The first kappa shape index (κ1) is 20.1. The molecule has 0 aliphatic heterocycles. The van der Waals surface area contributed by atoms with Gasteiger partial charge >= 0.3 is 0 Å². The van der Waals surface area contributed by atoms with Gasteiger partial charge in [-0.1, -0.05) is 35.6 Å². The number of benzene rings is 2. The van der Waals surface area contributed by atoms with Crippen LogP contribution in [-0.2, 0) is 4.79 Å². The molecule has 0 aliphatic rings. The fourth-order valence-electron chi connectivity index (χ4n) is 2.85. The molecule has 0 saturated heterocycles. The predicted molar refractivity (Wildman–Crippen MR) is 113 cm³/mol. The topological polar surface area (TPSA) is 56.1 Å². The van der Waals surface area contributed by atoms with Crippen LogP contribution in [0.1, 0.15) is 6.42 Å². The molecule has 2 aromatic carbocycles. The van der Waals surface area contributed by atoms with Crippen molar-refractivity contribution in [2.45, 2.75) is 6.42 Å². The second kappa shape index (κ2) is 9.52. The van der Waals surface area contributed by atoms with Crippen LogP contribution < -0.4 is 19.3 Å². The van der Waals surface area contributed by atoms with Crippen LogP contribution in [0.2, 0.25) is 0 Å². The number of quaternary nitrogens is 1. The Bertz CT molecular complexity index is 912. The van der Waals surface area contributed by atoms with Crippen molar-refractivity contribution >= 4 is 32.6 Å². The van der Waals surface area contributed by atoms with Crippen molar-refractivity contribution in [1.82, 2.24) is 4.98 Å². The fraction of sp³-hybridized carbons (Fsp3) is 0.333. The van der Waals surface area contributed by atoms with E-state index in [9.17, 15) is 4.79 Å². The van der Waals surface area contributed by atoms with E-state index in [1.165, 1.54) is 16.2 Å². The number of para-hydroxylation sites is 2. The number of ether oxygens (including phenoxy) is 2. The lowest BCUT2D eigenvalue weighted by Gasteiger charge is -2.20. The second-order valence-corrected chi connectivity index (χ2v) is 7.77. The standard InChI is InChI=1S/C21H25N3O3S/c1-23(2)13-8-14-24(19(25)15-27-16-9-5-4-6-10-16)21-22-20-17(26-3)11-7-12-18(20)28-21/h4-7,9-12H,8,13-15H2,1-3H3/p+1. The van der Waals surface area contributed by atoms with Crippen LogP contribution in [0.3, 0.4) is 0 Å². The monoisotopic (exact) mass is 400 g/mol. The van der Waals surface area contributed by atoms with Crippen LogP contribution in [0.4, 0.5) is 5.13 Å². The maximum atomic E-state index is 13.0. The average Bonchev–Trinajstić information content (AvgIpc) is 3.14. The van der Waals surface area contributed by atoms with E-state index >= 15 is 0 Å². The van der Waals surface area contributed by atoms with Gasteiger partial charge < -0.3 is 14.4 Å². The maximum absolute atomic E-state index is 13.0. The van der Waals surface area contributed by atoms with Crippen molar-refractivity contribution in [2.75, 3.05) is 45.8 Å². The summed E-state index contributed by atoms with van der Waals surface area (Å²) >= 11 is 1.50. The summed E-state index contributed by atoms with van der Waals surface area (Å²) in [5.41, 5.74) is 0.782. The van der Waals surface area contributed by atoms with Gasteiger partial charge in [0.2, 0.25) is 0 Å². The molecule has 7 heteroatoms. The normalized spacial score (nSPS) is 11.0. The fourth-order valence-corrected chi connectivity index (χ4v) is 3.88. The van der Waals surface area contributed by atoms with E-state index in [1.807, 2.05) is 48.5 Å². The van der Waals surface area contributed by atoms with Gasteiger partial charge in [-0.25, -0.2) is 4.98 Å². The predicted octanol–water partition coefficient (Wildman–Crippen LogP) is 2.25. The van der Waals surface area contributed by atoms with Crippen molar-refractivity contribution < 1.29 is 19.2 Å². The molecule has 0 radical (unpaired) electrons. The Morgan fingerprint density at radius 3 is 2.64 bits per heavy atom. The van der Waals surface area contributed by atoms with E-state index in [-0.39, 0.29) is 12.5 Å². The van der Waals surface area contributed by atoms with Gasteiger partial charge in [0.05, 0.1) is 32.4 Å². The minimum Gasteiger partial charge on any atom is -0.494 e. The van der Waals surface area contributed by atoms with E-state index in [2.05, 4.69) is 14.1 Å². The molecule has 1 amide bonds. The molecule has 28 heavy (non-hydrogen) atoms. The van der Waals surface area contributed by atoms with Crippen molar-refractivity contribution in [1.29, 1.82) is 0 Å². The number of methoxy groups -OCH3 is 1. The molecule has 3 rings (SSSR count). The summed E-state index contributed by atoms with van der Waals surface area (Å²) in [4.78, 5) is 20.7. The molecule has 1 N–H and O–H groups in total. The number of fused-ring (bicyclic) bond motifs is 1. The SMILES string of the molecule is COc1cccc2sc(N(CCC[NH+](C)C)C(=O)COc3ccccc3)nc12. The van der Waals surface area contributed by atoms with E-state index in [0.29, 0.717) is 23.2 Å². The number of carbonyl (C=O) groups excluding carboxylic acids is 1. The number of nitrogens with one attached hydrogen (secondary N) is 1. The molecule has 3 aromatic rings. The number of hydrogen-bond acceptors (Lipinski definition) is 5. The minimum absolute atomic E-state index is 0.0219. The van der Waals surface area contributed by atoms with E-state index in [4.69, 9.17) is 14.5 Å². The van der Waals surface area contributed by atoms with Crippen molar-refractivity contribution in [2.24, 2.45) is 0 Å². The Hall–Kier alpha value is -2.64. The zero-order valence-corrected chi connectivity index (χ0v) is 17.3. The van der Waals surface area contributed by atoms with Gasteiger partial charge in [-0.15, -0.1) is 0 Å². The summed E-state index contributed by atoms with van der Waals surface area (Å²) in [6.07, 6.45) is 0.881. The number of thiazole rings is 1. The van der Waals surface area contributed by atoms with Crippen LogP contribution >= 0.6 is 11.3 Å². The average molecular weight is 401 g/mol. The Morgan fingerprint density at radius 2 is 1.93 bits per heavy atom. The number of rotatable bonds is 9. The highest BCUT2D eigenvalue weighted by atomic mass is 32.1. The van der Waals surface area contributed by atoms with Crippen molar-refractivity contribution in [3.05, 3.63) is 48.5 Å². The van der Waals surface area contributed by atoms with E-state index < -0.39 is 0 Å². The molecular weight excluding hydrogens is 374 g/mol. The lowest BCUT2D eigenvalue weighted by Crippen LogP contribution is -3.05. The number of anilines is 1. The highest BCUT2D eigenvalue weighted by Gasteiger charge is 2.21. The molecule has 0 atom stereocenters. The van der Waals surface area contributed by atoms with Crippen LogP contribution in [0.25, 0.3) is 10.2 Å². The first-order chi connectivity index (χ1) is 13.6. The summed E-state index contributed by atoms with van der Waals surface area (Å²) in [6.45, 7) is 1.55. The Morgan fingerprint density at radius 1 is 1.14 bits per heavy atom. The zero-order valence-electron chi connectivity index (χ0n) is 16.5. The van der Waals surface area contributed by atoms with Gasteiger partial charge in [-0.3, -0.25) is 9.69 Å². The summed E-state index contributed by atoms with van der Waals surface area (Å²) in [6, 6.07) is 15.2. The number of amides is 1. The Balaban J connectivity index is 1.80. The lowest BCUT2D eigenvalue weighted by molar-refractivity contribution is -0.858. The zero-order chi connectivity index (χ0) is 19.9. The summed E-state index contributed by atoms with van der Waals surface area (Å²) in [7, 11) is 5.84. The third-order valence-corrected chi connectivity index (χ3v) is 5.33. The number of hydrogen-bond donors (Lipinski definition) is 1. The quantitative estimate of drug-likeness (QED) is 0.599. The smallest absolute Gasteiger partial charge is 0.266 e. The van der Waals surface area contributed by atoms with Gasteiger partial charge in [0, 0.05) is 13.0 Å². The summed E-state index contributed by atoms with van der Waals surface area (Å²) in [5.74, 6) is 1.29. The second-order valence-electron chi connectivity index (χ2n) is 6.76. The molecule has 1 aromatic heterocycles. The van der Waals surface area contributed by atoms with Gasteiger partial charge in [-0.05, 0) is 24.3 Å². The molecule has 0 aliphatic carbocycles. The molecule has 1 heterocycles. The highest BCUT2D eigenvalue weighted by molar-refractivity contribution is 7.22.